The van der Waals surface area contributed by atoms with E-state index < -0.39 is 5.91 Å². The number of rotatable bonds is 5. The lowest BCUT2D eigenvalue weighted by atomic mass is 10.1. The summed E-state index contributed by atoms with van der Waals surface area (Å²) in [7, 11) is 0. The van der Waals surface area contributed by atoms with Crippen LogP contribution in [0, 0.1) is 13.8 Å². The summed E-state index contributed by atoms with van der Waals surface area (Å²) in [5.74, 6) is -0.834. The molecule has 0 radical (unpaired) electrons. The highest BCUT2D eigenvalue weighted by Crippen LogP contribution is 2.26. The molecule has 2 aromatic rings. The maximum absolute atomic E-state index is 12.6. The number of nitrogens with zero attached hydrogens (tertiary/aromatic N) is 1. The normalized spacial score (nSPS) is 14.4. The van der Waals surface area contributed by atoms with Gasteiger partial charge in [-0.3, -0.25) is 14.5 Å². The average Bonchev–Trinajstić information content (AvgIpc) is 2.77. The second-order valence-electron chi connectivity index (χ2n) is 6.19. The van der Waals surface area contributed by atoms with Gasteiger partial charge in [0, 0.05) is 12.2 Å². The lowest BCUT2D eigenvalue weighted by Gasteiger charge is -2.15. The molecule has 1 N–H and O–H groups in total. The Morgan fingerprint density at radius 1 is 0.960 bits per heavy atom. The van der Waals surface area contributed by atoms with E-state index in [4.69, 9.17) is 11.6 Å². The van der Waals surface area contributed by atoms with Crippen molar-refractivity contribution in [1.82, 2.24) is 4.90 Å². The number of hydrogen-bond acceptors (Lipinski definition) is 3. The largest absolute Gasteiger partial charge is 0.350 e. The smallest absolute Gasteiger partial charge is 0.278 e. The molecule has 2 amide bonds. The molecule has 2 aromatic carbocycles. The predicted molar refractivity (Wildman–Crippen MR) is 99.3 cm³/mol. The second kappa shape index (κ2) is 7.11. The van der Waals surface area contributed by atoms with Gasteiger partial charge in [-0.1, -0.05) is 48.0 Å². The van der Waals surface area contributed by atoms with Crippen LogP contribution in [0.1, 0.15) is 16.7 Å². The quantitative estimate of drug-likeness (QED) is 0.831. The fourth-order valence-electron chi connectivity index (χ4n) is 2.93. The minimum absolute atomic E-state index is 0.0581. The molecule has 4 nitrogen and oxygen atoms in total. The Kier molecular flexibility index (Phi) is 4.91. The van der Waals surface area contributed by atoms with E-state index in [-0.39, 0.29) is 16.6 Å². The number of carbonyl (C=O) groups is 2. The summed E-state index contributed by atoms with van der Waals surface area (Å²) in [4.78, 5) is 26.2. The first-order valence-electron chi connectivity index (χ1n) is 8.11. The number of imide groups is 1. The number of hydrogen-bond donors (Lipinski definition) is 1. The third-order valence-corrected chi connectivity index (χ3v) is 4.42. The molecule has 3 rings (SSSR count). The molecule has 0 atom stereocenters. The van der Waals surface area contributed by atoms with Gasteiger partial charge in [0.25, 0.3) is 11.8 Å². The molecule has 0 saturated carbocycles. The van der Waals surface area contributed by atoms with E-state index in [1.165, 1.54) is 4.90 Å². The van der Waals surface area contributed by atoms with Crippen molar-refractivity contribution in [2.75, 3.05) is 11.9 Å². The number of halogens is 1. The van der Waals surface area contributed by atoms with E-state index in [1.807, 2.05) is 62.4 Å². The van der Waals surface area contributed by atoms with E-state index in [0.717, 1.165) is 22.4 Å². The molecule has 1 aliphatic heterocycles. The zero-order valence-corrected chi connectivity index (χ0v) is 14.9. The Morgan fingerprint density at radius 2 is 1.60 bits per heavy atom. The lowest BCUT2D eigenvalue weighted by molar-refractivity contribution is -0.137. The maximum atomic E-state index is 12.6. The van der Waals surface area contributed by atoms with Crippen molar-refractivity contribution in [3.05, 3.63) is 76.0 Å². The molecule has 0 unspecified atom stereocenters. The van der Waals surface area contributed by atoms with Crippen molar-refractivity contribution < 1.29 is 9.59 Å². The van der Waals surface area contributed by atoms with Crippen LogP contribution in [0.3, 0.4) is 0 Å². The van der Waals surface area contributed by atoms with Gasteiger partial charge in [0.05, 0.1) is 0 Å². The van der Waals surface area contributed by atoms with Crippen molar-refractivity contribution in [2.24, 2.45) is 0 Å². The number of nitrogens with one attached hydrogen (secondary N) is 1. The predicted octanol–water partition coefficient (Wildman–Crippen LogP) is 3.78. The molecule has 0 saturated heterocycles. The Morgan fingerprint density at radius 3 is 2.24 bits per heavy atom. The molecule has 5 heteroatoms. The zero-order chi connectivity index (χ0) is 18.0. The minimum Gasteiger partial charge on any atom is -0.350 e. The Bertz CT molecular complexity index is 839. The summed E-state index contributed by atoms with van der Waals surface area (Å²) < 4.78 is 0. The summed E-state index contributed by atoms with van der Waals surface area (Å²) in [6.07, 6.45) is 0.597. The van der Waals surface area contributed by atoms with Crippen molar-refractivity contribution in [3.8, 4) is 0 Å². The third kappa shape index (κ3) is 3.74. The van der Waals surface area contributed by atoms with Crippen LogP contribution in [0.25, 0.3) is 0 Å². The van der Waals surface area contributed by atoms with Crippen molar-refractivity contribution in [2.45, 2.75) is 20.3 Å². The maximum Gasteiger partial charge on any atom is 0.278 e. The summed E-state index contributed by atoms with van der Waals surface area (Å²) >= 11 is 6.13. The summed E-state index contributed by atoms with van der Waals surface area (Å²) in [5, 5.41) is 2.96. The molecule has 1 aliphatic rings. The molecule has 0 aromatic heterocycles. The van der Waals surface area contributed by atoms with Gasteiger partial charge >= 0.3 is 0 Å². The fraction of sp³-hybridized carbons (Fsp3) is 0.200. The summed E-state index contributed by atoms with van der Waals surface area (Å²) in [5.41, 5.74) is 4.09. The number of anilines is 1. The number of benzene rings is 2. The Labute approximate surface area is 152 Å². The van der Waals surface area contributed by atoms with Gasteiger partial charge in [0.1, 0.15) is 10.7 Å². The van der Waals surface area contributed by atoms with E-state index in [1.54, 1.807) is 0 Å². The van der Waals surface area contributed by atoms with E-state index in [2.05, 4.69) is 5.32 Å². The molecule has 25 heavy (non-hydrogen) atoms. The van der Waals surface area contributed by atoms with Crippen LogP contribution in [0.5, 0.6) is 0 Å². The highest BCUT2D eigenvalue weighted by atomic mass is 35.5. The van der Waals surface area contributed by atoms with Crippen LogP contribution in [-0.2, 0) is 16.0 Å². The first-order valence-corrected chi connectivity index (χ1v) is 8.48. The zero-order valence-electron chi connectivity index (χ0n) is 14.2. The highest BCUT2D eigenvalue weighted by molar-refractivity contribution is 6.48. The van der Waals surface area contributed by atoms with Gasteiger partial charge in [-0.15, -0.1) is 0 Å². The molecule has 0 bridgehead atoms. The third-order valence-electron chi connectivity index (χ3n) is 4.07. The van der Waals surface area contributed by atoms with Crippen LogP contribution in [-0.4, -0.2) is 23.3 Å². The van der Waals surface area contributed by atoms with Crippen LogP contribution < -0.4 is 5.32 Å². The lowest BCUT2D eigenvalue weighted by Crippen LogP contribution is -2.34. The van der Waals surface area contributed by atoms with Crippen LogP contribution in [0.15, 0.2) is 59.3 Å². The van der Waals surface area contributed by atoms with Crippen LogP contribution in [0.4, 0.5) is 5.69 Å². The van der Waals surface area contributed by atoms with Gasteiger partial charge < -0.3 is 5.32 Å². The van der Waals surface area contributed by atoms with Crippen molar-refractivity contribution in [3.63, 3.8) is 0 Å². The molecule has 128 valence electrons. The standard InChI is InChI=1S/C20H19ClN2O2/c1-13-10-14(2)12-16(11-13)22-18-17(21)19(24)23(20(18)25)9-8-15-6-4-3-5-7-15/h3-7,10-12,22H,8-9H2,1-2H3. The molecule has 0 fully saturated rings. The monoisotopic (exact) mass is 354 g/mol. The number of amides is 2. The van der Waals surface area contributed by atoms with E-state index >= 15 is 0 Å². The fourth-order valence-corrected chi connectivity index (χ4v) is 3.16. The Hall–Kier alpha value is -2.59. The van der Waals surface area contributed by atoms with Crippen LogP contribution in [0.2, 0.25) is 0 Å². The van der Waals surface area contributed by atoms with Gasteiger partial charge in [-0.2, -0.15) is 0 Å². The average molecular weight is 355 g/mol. The van der Waals surface area contributed by atoms with Gasteiger partial charge in [0.2, 0.25) is 0 Å². The first kappa shape index (κ1) is 17.2. The van der Waals surface area contributed by atoms with Crippen molar-refractivity contribution in [1.29, 1.82) is 0 Å². The van der Waals surface area contributed by atoms with Gasteiger partial charge in [0.15, 0.2) is 0 Å². The molecular formula is C20H19ClN2O2. The molecule has 1 heterocycles. The second-order valence-corrected chi connectivity index (χ2v) is 6.57. The Balaban J connectivity index is 1.75. The number of carbonyl (C=O) groups excluding carboxylic acids is 2. The SMILES string of the molecule is Cc1cc(C)cc(NC2=C(Cl)C(=O)N(CCc3ccccc3)C2=O)c1. The first-order chi connectivity index (χ1) is 12.0. The van der Waals surface area contributed by atoms with E-state index in [9.17, 15) is 9.59 Å². The molecule has 0 aliphatic carbocycles. The van der Waals surface area contributed by atoms with Crippen molar-refractivity contribution >= 4 is 29.1 Å². The molecule has 0 spiro atoms. The molecular weight excluding hydrogens is 336 g/mol. The highest BCUT2D eigenvalue weighted by Gasteiger charge is 2.37. The van der Waals surface area contributed by atoms with Gasteiger partial charge in [-0.05, 0) is 49.1 Å². The number of aryl methyl sites for hydroxylation is 2. The topological polar surface area (TPSA) is 49.4 Å². The van der Waals surface area contributed by atoms with Crippen LogP contribution >= 0.6 is 11.6 Å². The summed E-state index contributed by atoms with van der Waals surface area (Å²) in [6, 6.07) is 15.6. The van der Waals surface area contributed by atoms with E-state index in [0.29, 0.717) is 13.0 Å². The van der Waals surface area contributed by atoms with Gasteiger partial charge in [-0.25, -0.2) is 0 Å². The minimum atomic E-state index is -0.450. The summed E-state index contributed by atoms with van der Waals surface area (Å²) in [6.45, 7) is 4.25.